The van der Waals surface area contributed by atoms with Crippen molar-refractivity contribution in [2.45, 2.75) is 11.4 Å². The molecule has 0 unspecified atom stereocenters. The van der Waals surface area contributed by atoms with E-state index in [4.69, 9.17) is 21.1 Å². The summed E-state index contributed by atoms with van der Waals surface area (Å²) in [6.07, 6.45) is 0.244. The molecule has 4 aromatic rings. The van der Waals surface area contributed by atoms with Crippen LogP contribution in [0.25, 0.3) is 22.5 Å². The van der Waals surface area contributed by atoms with Crippen molar-refractivity contribution in [3.63, 3.8) is 0 Å². The number of thiazole rings is 1. The average Bonchev–Trinajstić information content (AvgIpc) is 3.37. The number of methoxy groups -OCH3 is 2. The summed E-state index contributed by atoms with van der Waals surface area (Å²) in [5.41, 5.74) is 3.70. The highest BCUT2D eigenvalue weighted by Gasteiger charge is 2.13. The number of hydrogen-bond donors (Lipinski definition) is 1. The number of benzene rings is 2. The lowest BCUT2D eigenvalue weighted by Crippen LogP contribution is -2.12. The molecule has 0 radical (unpaired) electrons. The van der Waals surface area contributed by atoms with Crippen molar-refractivity contribution < 1.29 is 14.3 Å². The monoisotopic (exact) mass is 536 g/mol. The zero-order valence-electron chi connectivity index (χ0n) is 19.4. The Bertz CT molecular complexity index is 1420. The largest absolute Gasteiger partial charge is 0.493 e. The van der Waals surface area contributed by atoms with E-state index in [9.17, 15) is 10.1 Å². The maximum absolute atomic E-state index is 12.5. The number of nitrogens with one attached hydrogen (secondary N) is 1. The molecule has 0 aliphatic carbocycles. The first-order valence-electron chi connectivity index (χ1n) is 10.8. The number of nitriles is 1. The Balaban J connectivity index is 1.36. The van der Waals surface area contributed by atoms with E-state index in [1.54, 1.807) is 38.5 Å². The average molecular weight is 537 g/mol. The fourth-order valence-electron chi connectivity index (χ4n) is 3.30. The van der Waals surface area contributed by atoms with Crippen molar-refractivity contribution >= 4 is 45.7 Å². The first kappa shape index (κ1) is 25.5. The number of aromatic nitrogens is 2. The highest BCUT2D eigenvalue weighted by atomic mass is 35.5. The Kier molecular flexibility index (Phi) is 8.44. The van der Waals surface area contributed by atoms with Gasteiger partial charge >= 0.3 is 0 Å². The van der Waals surface area contributed by atoms with Gasteiger partial charge in [-0.1, -0.05) is 23.7 Å². The number of hydrogen-bond acceptors (Lipinski definition) is 8. The Morgan fingerprint density at radius 1 is 1.03 bits per heavy atom. The second-order valence-electron chi connectivity index (χ2n) is 7.42. The van der Waals surface area contributed by atoms with Crippen LogP contribution in [0.5, 0.6) is 11.5 Å². The second-order valence-corrected chi connectivity index (χ2v) is 9.80. The molecule has 1 amide bonds. The minimum atomic E-state index is -0.164. The molecule has 4 rings (SSSR count). The minimum absolute atomic E-state index is 0.164. The van der Waals surface area contributed by atoms with Crippen LogP contribution >= 0.6 is 34.7 Å². The summed E-state index contributed by atoms with van der Waals surface area (Å²) in [5, 5.41) is 15.9. The molecule has 0 saturated heterocycles. The van der Waals surface area contributed by atoms with Crippen molar-refractivity contribution in [1.29, 1.82) is 5.26 Å². The van der Waals surface area contributed by atoms with E-state index in [-0.39, 0.29) is 12.3 Å². The fourth-order valence-corrected chi connectivity index (χ4v) is 5.07. The number of nitrogens with zero attached hydrogens (tertiary/aromatic N) is 3. The van der Waals surface area contributed by atoms with Crippen LogP contribution < -0.4 is 14.8 Å². The van der Waals surface area contributed by atoms with E-state index in [1.165, 1.54) is 23.1 Å². The zero-order valence-corrected chi connectivity index (χ0v) is 21.8. The Hall–Kier alpha value is -3.58. The number of thioether (sulfide) groups is 1. The van der Waals surface area contributed by atoms with Crippen molar-refractivity contribution in [2.24, 2.45) is 0 Å². The number of carbonyl (C=O) groups excluding carboxylic acids is 1. The van der Waals surface area contributed by atoms with Crippen LogP contribution in [0.2, 0.25) is 5.02 Å². The van der Waals surface area contributed by atoms with Gasteiger partial charge in [0.25, 0.3) is 0 Å². The number of carbonyl (C=O) groups is 1. The van der Waals surface area contributed by atoms with Crippen molar-refractivity contribution in [1.82, 2.24) is 9.97 Å². The van der Waals surface area contributed by atoms with Crippen LogP contribution in [0.3, 0.4) is 0 Å². The summed E-state index contributed by atoms with van der Waals surface area (Å²) in [5.74, 6) is 1.54. The van der Waals surface area contributed by atoms with E-state index in [0.717, 1.165) is 22.5 Å². The number of rotatable bonds is 9. The third kappa shape index (κ3) is 6.15. The molecule has 2 aromatic heterocycles. The number of ether oxygens (including phenoxy) is 2. The molecule has 0 bridgehead atoms. The van der Waals surface area contributed by atoms with E-state index in [2.05, 4.69) is 21.4 Å². The molecule has 0 saturated carbocycles. The Morgan fingerprint density at radius 2 is 1.78 bits per heavy atom. The van der Waals surface area contributed by atoms with E-state index < -0.39 is 0 Å². The standard InChI is InChI=1S/C26H21ClN4O3S2/c1-33-22-10-6-17(13-23(22)34-2)21-15-36-26(30-21)31-24(32)11-12-35-25-18(14-28)5-9-20(29-25)16-3-7-19(27)8-4-16/h3-10,13,15H,11-12H2,1-2H3,(H,30,31,32). The molecule has 182 valence electrons. The van der Waals surface area contributed by atoms with E-state index in [1.807, 2.05) is 35.7 Å². The minimum Gasteiger partial charge on any atom is -0.493 e. The lowest BCUT2D eigenvalue weighted by molar-refractivity contribution is -0.115. The van der Waals surface area contributed by atoms with Gasteiger partial charge < -0.3 is 14.8 Å². The lowest BCUT2D eigenvalue weighted by atomic mass is 10.1. The Labute approximate surface area is 222 Å². The number of halogens is 1. The van der Waals surface area contributed by atoms with Gasteiger partial charge in [0, 0.05) is 33.7 Å². The predicted molar refractivity (Wildman–Crippen MR) is 144 cm³/mol. The molecule has 1 N–H and O–H groups in total. The van der Waals surface area contributed by atoms with Crippen LogP contribution in [-0.2, 0) is 4.79 Å². The van der Waals surface area contributed by atoms with Crippen molar-refractivity contribution in [3.05, 3.63) is 70.6 Å². The smallest absolute Gasteiger partial charge is 0.226 e. The summed E-state index contributed by atoms with van der Waals surface area (Å²) in [6, 6.07) is 18.6. The maximum Gasteiger partial charge on any atom is 0.226 e. The highest BCUT2D eigenvalue weighted by Crippen LogP contribution is 2.33. The SMILES string of the molecule is COc1ccc(-c2csc(NC(=O)CCSc3nc(-c4ccc(Cl)cc4)ccc3C#N)n2)cc1OC. The van der Waals surface area contributed by atoms with Gasteiger partial charge in [0.05, 0.1) is 31.2 Å². The highest BCUT2D eigenvalue weighted by molar-refractivity contribution is 7.99. The van der Waals surface area contributed by atoms with E-state index >= 15 is 0 Å². The first-order chi connectivity index (χ1) is 17.5. The number of pyridine rings is 1. The quantitative estimate of drug-likeness (QED) is 0.243. The number of anilines is 1. The molecule has 2 heterocycles. The molecule has 0 atom stereocenters. The lowest BCUT2D eigenvalue weighted by Gasteiger charge is -2.08. The summed E-state index contributed by atoms with van der Waals surface area (Å²) < 4.78 is 10.6. The van der Waals surface area contributed by atoms with Crippen LogP contribution in [0.15, 0.2) is 65.0 Å². The van der Waals surface area contributed by atoms with Crippen LogP contribution in [0.1, 0.15) is 12.0 Å². The first-order valence-corrected chi connectivity index (χ1v) is 13.0. The van der Waals surface area contributed by atoms with Crippen molar-refractivity contribution in [3.8, 4) is 40.1 Å². The van der Waals surface area contributed by atoms with Gasteiger partial charge in [-0.25, -0.2) is 9.97 Å². The van der Waals surface area contributed by atoms with Gasteiger partial charge in [0.1, 0.15) is 11.1 Å². The van der Waals surface area contributed by atoms with Gasteiger partial charge in [0.15, 0.2) is 16.6 Å². The molecule has 7 nitrogen and oxygen atoms in total. The summed E-state index contributed by atoms with van der Waals surface area (Å²) in [7, 11) is 3.16. The molecule has 0 spiro atoms. The normalized spacial score (nSPS) is 10.5. The van der Waals surface area contributed by atoms with E-state index in [0.29, 0.717) is 38.0 Å². The van der Waals surface area contributed by atoms with Gasteiger partial charge in [0.2, 0.25) is 5.91 Å². The molecular weight excluding hydrogens is 516 g/mol. The zero-order chi connectivity index (χ0) is 25.5. The fraction of sp³-hybridized carbons (Fsp3) is 0.154. The molecule has 2 aromatic carbocycles. The maximum atomic E-state index is 12.5. The van der Waals surface area contributed by atoms with Crippen molar-refractivity contribution in [2.75, 3.05) is 25.3 Å². The van der Waals surface area contributed by atoms with Crippen LogP contribution in [-0.4, -0.2) is 35.8 Å². The molecule has 0 aliphatic heterocycles. The number of amides is 1. The van der Waals surface area contributed by atoms with Gasteiger partial charge in [-0.3, -0.25) is 4.79 Å². The Morgan fingerprint density at radius 3 is 2.50 bits per heavy atom. The molecule has 0 aliphatic rings. The predicted octanol–water partition coefficient (Wildman–Crippen LogP) is 6.54. The van der Waals surface area contributed by atoms with Gasteiger partial charge in [-0.15, -0.1) is 23.1 Å². The van der Waals surface area contributed by atoms with Crippen LogP contribution in [0, 0.1) is 11.3 Å². The van der Waals surface area contributed by atoms with Gasteiger partial charge in [-0.2, -0.15) is 5.26 Å². The third-order valence-electron chi connectivity index (χ3n) is 5.12. The second kappa shape index (κ2) is 11.9. The summed E-state index contributed by atoms with van der Waals surface area (Å²) in [4.78, 5) is 21.7. The third-order valence-corrected chi connectivity index (χ3v) is 7.12. The van der Waals surface area contributed by atoms with Crippen LogP contribution in [0.4, 0.5) is 5.13 Å². The molecule has 10 heteroatoms. The summed E-state index contributed by atoms with van der Waals surface area (Å²) in [6.45, 7) is 0. The summed E-state index contributed by atoms with van der Waals surface area (Å²) >= 11 is 8.69. The van der Waals surface area contributed by atoms with Gasteiger partial charge in [-0.05, 0) is 42.5 Å². The topological polar surface area (TPSA) is 97.1 Å². The molecule has 0 fully saturated rings. The molecular formula is C26H21ClN4O3S2. The molecule has 36 heavy (non-hydrogen) atoms.